The smallest absolute Gasteiger partial charge is 0.410 e. The van der Waals surface area contributed by atoms with E-state index in [1.807, 2.05) is 26.8 Å². The molecule has 1 unspecified atom stereocenters. The van der Waals surface area contributed by atoms with Crippen LogP contribution in [-0.2, 0) is 11.2 Å². The topological polar surface area (TPSA) is 41.6 Å². The van der Waals surface area contributed by atoms with Gasteiger partial charge in [-0.1, -0.05) is 18.2 Å². The second kappa shape index (κ2) is 7.09. The molecule has 1 aliphatic rings. The molecule has 2 rings (SSSR count). The number of halogens is 1. The number of hydrogen-bond donors (Lipinski definition) is 1. The van der Waals surface area contributed by atoms with Crippen LogP contribution in [0.5, 0.6) is 0 Å². The molecule has 4 nitrogen and oxygen atoms in total. The number of hydrogen-bond acceptors (Lipinski definition) is 3. The number of likely N-dealkylation sites (tertiary alicyclic amines) is 1. The van der Waals surface area contributed by atoms with E-state index in [9.17, 15) is 9.18 Å². The van der Waals surface area contributed by atoms with Crippen LogP contribution in [0.25, 0.3) is 0 Å². The highest BCUT2D eigenvalue weighted by Crippen LogP contribution is 2.15. The van der Waals surface area contributed by atoms with Gasteiger partial charge in [0.25, 0.3) is 0 Å². The minimum Gasteiger partial charge on any atom is -0.444 e. The maximum absolute atomic E-state index is 13.5. The van der Waals surface area contributed by atoms with E-state index in [0.29, 0.717) is 26.1 Å². The minimum atomic E-state index is -0.465. The number of carbonyl (C=O) groups excluding carboxylic acids is 1. The predicted octanol–water partition coefficient (Wildman–Crippen LogP) is 2.97. The first-order valence-corrected chi connectivity index (χ1v) is 7.80. The Hall–Kier alpha value is -1.62. The molecule has 1 heterocycles. The van der Waals surface area contributed by atoms with Crippen molar-refractivity contribution in [2.24, 2.45) is 0 Å². The van der Waals surface area contributed by atoms with Gasteiger partial charge in [0.1, 0.15) is 11.4 Å². The predicted molar refractivity (Wildman–Crippen MR) is 84.3 cm³/mol. The zero-order valence-electron chi connectivity index (χ0n) is 13.6. The van der Waals surface area contributed by atoms with Crippen LogP contribution < -0.4 is 5.32 Å². The van der Waals surface area contributed by atoms with Crippen LogP contribution >= 0.6 is 0 Å². The summed E-state index contributed by atoms with van der Waals surface area (Å²) >= 11 is 0. The first kappa shape index (κ1) is 16.7. The molecule has 122 valence electrons. The third-order valence-corrected chi connectivity index (χ3v) is 3.63. The Labute approximate surface area is 131 Å². The summed E-state index contributed by atoms with van der Waals surface area (Å²) in [7, 11) is 0. The number of carbonyl (C=O) groups is 1. The van der Waals surface area contributed by atoms with Crippen LogP contribution in [0.3, 0.4) is 0 Å². The highest BCUT2D eigenvalue weighted by Gasteiger charge is 2.29. The molecule has 1 atom stereocenters. The molecule has 1 aromatic carbocycles. The van der Waals surface area contributed by atoms with Crippen molar-refractivity contribution in [2.45, 2.75) is 45.3 Å². The lowest BCUT2D eigenvalue weighted by Crippen LogP contribution is -2.38. The molecule has 1 amide bonds. The van der Waals surface area contributed by atoms with Gasteiger partial charge in [0.2, 0.25) is 0 Å². The lowest BCUT2D eigenvalue weighted by molar-refractivity contribution is 0.0291. The van der Waals surface area contributed by atoms with Gasteiger partial charge >= 0.3 is 6.09 Å². The summed E-state index contributed by atoms with van der Waals surface area (Å²) in [5.41, 5.74) is 0.255. The minimum absolute atomic E-state index is 0.161. The van der Waals surface area contributed by atoms with Gasteiger partial charge in [-0.15, -0.1) is 0 Å². The summed E-state index contributed by atoms with van der Waals surface area (Å²) in [5.74, 6) is -0.161. The lowest BCUT2D eigenvalue weighted by Gasteiger charge is -2.24. The molecule has 1 saturated heterocycles. The van der Waals surface area contributed by atoms with Crippen molar-refractivity contribution < 1.29 is 13.9 Å². The number of ether oxygens (including phenoxy) is 1. The van der Waals surface area contributed by atoms with Crippen molar-refractivity contribution in [3.8, 4) is 0 Å². The molecule has 0 aliphatic carbocycles. The Morgan fingerprint density at radius 1 is 1.41 bits per heavy atom. The molecule has 0 spiro atoms. The average molecular weight is 308 g/mol. The molecule has 5 heteroatoms. The number of amides is 1. The van der Waals surface area contributed by atoms with E-state index in [1.54, 1.807) is 17.0 Å². The molecule has 1 fully saturated rings. The van der Waals surface area contributed by atoms with Crippen LogP contribution in [0.2, 0.25) is 0 Å². The normalized spacial score (nSPS) is 18.5. The molecule has 0 radical (unpaired) electrons. The highest BCUT2D eigenvalue weighted by atomic mass is 19.1. The quantitative estimate of drug-likeness (QED) is 0.930. The highest BCUT2D eigenvalue weighted by molar-refractivity contribution is 5.68. The fourth-order valence-electron chi connectivity index (χ4n) is 2.53. The van der Waals surface area contributed by atoms with Crippen LogP contribution in [0.1, 0.15) is 32.8 Å². The average Bonchev–Trinajstić information content (AvgIpc) is 2.88. The molecular formula is C17H25FN2O2. The van der Waals surface area contributed by atoms with Gasteiger partial charge in [0.15, 0.2) is 0 Å². The third kappa shape index (κ3) is 4.98. The van der Waals surface area contributed by atoms with Gasteiger partial charge in [0.05, 0.1) is 0 Å². The van der Waals surface area contributed by atoms with Crippen molar-refractivity contribution in [2.75, 3.05) is 19.6 Å². The third-order valence-electron chi connectivity index (χ3n) is 3.63. The Balaban J connectivity index is 1.73. The second-order valence-corrected chi connectivity index (χ2v) is 6.71. The monoisotopic (exact) mass is 308 g/mol. The van der Waals surface area contributed by atoms with E-state index in [-0.39, 0.29) is 18.0 Å². The summed E-state index contributed by atoms with van der Waals surface area (Å²) in [4.78, 5) is 13.7. The van der Waals surface area contributed by atoms with E-state index in [0.717, 1.165) is 12.0 Å². The molecule has 0 aromatic heterocycles. The van der Waals surface area contributed by atoms with Crippen molar-refractivity contribution in [1.82, 2.24) is 10.2 Å². The summed E-state index contributed by atoms with van der Waals surface area (Å²) in [6, 6.07) is 7.08. The molecule has 0 bridgehead atoms. The van der Waals surface area contributed by atoms with Crippen LogP contribution in [-0.4, -0.2) is 42.3 Å². The fraction of sp³-hybridized carbons (Fsp3) is 0.588. The number of benzene rings is 1. The van der Waals surface area contributed by atoms with Crippen molar-refractivity contribution in [1.29, 1.82) is 0 Å². The lowest BCUT2D eigenvalue weighted by atomic mass is 10.1. The van der Waals surface area contributed by atoms with Gasteiger partial charge in [-0.3, -0.25) is 0 Å². The van der Waals surface area contributed by atoms with Gasteiger partial charge in [-0.25, -0.2) is 9.18 Å². The first-order chi connectivity index (χ1) is 10.3. The Morgan fingerprint density at radius 2 is 2.14 bits per heavy atom. The second-order valence-electron chi connectivity index (χ2n) is 6.71. The maximum atomic E-state index is 13.5. The van der Waals surface area contributed by atoms with Crippen molar-refractivity contribution in [3.05, 3.63) is 35.6 Å². The Bertz CT molecular complexity index is 514. The molecule has 1 aliphatic heterocycles. The summed E-state index contributed by atoms with van der Waals surface area (Å²) in [6.07, 6.45) is 1.29. The molecule has 1 N–H and O–H groups in total. The molecule has 1 aromatic rings. The largest absolute Gasteiger partial charge is 0.444 e. The zero-order chi connectivity index (χ0) is 16.2. The summed E-state index contributed by atoms with van der Waals surface area (Å²) in [5, 5.41) is 3.39. The molecule has 22 heavy (non-hydrogen) atoms. The van der Waals surface area contributed by atoms with Crippen molar-refractivity contribution in [3.63, 3.8) is 0 Å². The molecule has 0 saturated carbocycles. The molecular weight excluding hydrogens is 283 g/mol. The first-order valence-electron chi connectivity index (χ1n) is 7.80. The van der Waals surface area contributed by atoms with Gasteiger partial charge in [-0.05, 0) is 51.8 Å². The van der Waals surface area contributed by atoms with E-state index in [2.05, 4.69) is 5.32 Å². The SMILES string of the molecule is CC(C)(C)OC(=O)N1CCC(NCCc2ccccc2F)C1. The van der Waals surface area contributed by atoms with Crippen LogP contribution in [0.4, 0.5) is 9.18 Å². The van der Waals surface area contributed by atoms with Crippen molar-refractivity contribution >= 4 is 6.09 Å². The Morgan fingerprint density at radius 3 is 2.82 bits per heavy atom. The number of nitrogens with zero attached hydrogens (tertiary/aromatic N) is 1. The Kier molecular flexibility index (Phi) is 5.40. The van der Waals surface area contributed by atoms with Crippen LogP contribution in [0, 0.1) is 5.82 Å². The van der Waals surface area contributed by atoms with E-state index in [4.69, 9.17) is 4.74 Å². The zero-order valence-corrected chi connectivity index (χ0v) is 13.6. The van der Waals surface area contributed by atoms with Gasteiger partial charge < -0.3 is 15.0 Å². The van der Waals surface area contributed by atoms with E-state index < -0.39 is 5.60 Å². The van der Waals surface area contributed by atoms with Gasteiger partial charge in [-0.2, -0.15) is 0 Å². The summed E-state index contributed by atoms with van der Waals surface area (Å²) < 4.78 is 18.9. The van der Waals surface area contributed by atoms with E-state index in [1.165, 1.54) is 6.07 Å². The van der Waals surface area contributed by atoms with Crippen LogP contribution in [0.15, 0.2) is 24.3 Å². The standard InChI is InChI=1S/C17H25FN2O2/c1-17(2,3)22-16(21)20-11-9-14(12-20)19-10-8-13-6-4-5-7-15(13)18/h4-7,14,19H,8-12H2,1-3H3. The number of rotatable bonds is 4. The van der Waals surface area contributed by atoms with E-state index >= 15 is 0 Å². The van der Waals surface area contributed by atoms with Gasteiger partial charge in [0, 0.05) is 19.1 Å². The summed E-state index contributed by atoms with van der Waals surface area (Å²) in [6.45, 7) is 7.65. The maximum Gasteiger partial charge on any atom is 0.410 e. The number of nitrogens with one attached hydrogen (secondary N) is 1. The fourth-order valence-corrected chi connectivity index (χ4v) is 2.53.